The molecule has 9 aromatic carbocycles. The Balaban J connectivity index is 1.08. The standard InChI is InChI=1S/C56H45N/c1-55(2)51-23-13-18-42-24-25-46-35-47(37-52(56(55,3)4)54(46)53(42)51)45-21-12-22-50(36-45)57(48-30-26-40(27-31-48)38-14-7-5-8-15-38)49-32-28-41(29-33-49)44-20-11-19-43(34-44)39-16-9-6-10-17-39/h5-37H,1-4H3. The first-order chi connectivity index (χ1) is 27.8. The highest BCUT2D eigenvalue weighted by molar-refractivity contribution is 6.14. The molecule has 274 valence electrons. The lowest BCUT2D eigenvalue weighted by Crippen LogP contribution is -2.42. The molecule has 10 rings (SSSR count). The molecule has 0 spiro atoms. The molecule has 1 nitrogen and oxygen atoms in total. The van der Waals surface area contributed by atoms with Crippen molar-refractivity contribution < 1.29 is 0 Å². The Kier molecular flexibility index (Phi) is 8.23. The van der Waals surface area contributed by atoms with Gasteiger partial charge in [-0.15, -0.1) is 0 Å². The summed E-state index contributed by atoms with van der Waals surface area (Å²) in [4.78, 5) is 2.39. The highest BCUT2D eigenvalue weighted by Crippen LogP contribution is 2.54. The largest absolute Gasteiger partial charge is 0.310 e. The van der Waals surface area contributed by atoms with E-state index in [0.717, 1.165) is 17.1 Å². The summed E-state index contributed by atoms with van der Waals surface area (Å²) in [7, 11) is 0. The monoisotopic (exact) mass is 731 g/mol. The van der Waals surface area contributed by atoms with E-state index in [2.05, 4.69) is 233 Å². The van der Waals surface area contributed by atoms with Crippen molar-refractivity contribution in [3.8, 4) is 44.5 Å². The Bertz CT molecular complexity index is 2920. The van der Waals surface area contributed by atoms with Crippen LogP contribution in [0.15, 0.2) is 200 Å². The fraction of sp³-hybridized carbons (Fsp3) is 0.107. The second-order valence-corrected chi connectivity index (χ2v) is 16.6. The Morgan fingerprint density at radius 3 is 1.37 bits per heavy atom. The number of anilines is 3. The maximum Gasteiger partial charge on any atom is 0.0467 e. The van der Waals surface area contributed by atoms with Gasteiger partial charge in [-0.2, -0.15) is 0 Å². The smallest absolute Gasteiger partial charge is 0.0467 e. The van der Waals surface area contributed by atoms with Crippen molar-refractivity contribution in [2.45, 2.75) is 38.5 Å². The number of nitrogens with zero attached hydrogens (tertiary/aromatic N) is 1. The molecular weight excluding hydrogens is 687 g/mol. The number of hydrogen-bond acceptors (Lipinski definition) is 1. The van der Waals surface area contributed by atoms with Crippen LogP contribution >= 0.6 is 0 Å². The van der Waals surface area contributed by atoms with E-state index in [9.17, 15) is 0 Å². The van der Waals surface area contributed by atoms with E-state index < -0.39 is 0 Å². The zero-order valence-corrected chi connectivity index (χ0v) is 33.0. The lowest BCUT2D eigenvalue weighted by atomic mass is 9.56. The van der Waals surface area contributed by atoms with Crippen LogP contribution in [0.2, 0.25) is 0 Å². The van der Waals surface area contributed by atoms with Crippen LogP contribution in [0.5, 0.6) is 0 Å². The molecule has 0 bridgehead atoms. The van der Waals surface area contributed by atoms with Crippen LogP contribution in [0.4, 0.5) is 17.1 Å². The molecule has 0 amide bonds. The first-order valence-corrected chi connectivity index (χ1v) is 20.1. The van der Waals surface area contributed by atoms with Gasteiger partial charge in [0.1, 0.15) is 0 Å². The second kappa shape index (κ2) is 13.5. The van der Waals surface area contributed by atoms with Crippen LogP contribution in [0.1, 0.15) is 38.8 Å². The Morgan fingerprint density at radius 2 is 0.737 bits per heavy atom. The van der Waals surface area contributed by atoms with E-state index in [4.69, 9.17) is 0 Å². The predicted octanol–water partition coefficient (Wildman–Crippen LogP) is 15.7. The van der Waals surface area contributed by atoms with Crippen LogP contribution in [-0.4, -0.2) is 0 Å². The summed E-state index contributed by atoms with van der Waals surface area (Å²) in [5.41, 5.74) is 15.8. The molecule has 0 saturated heterocycles. The van der Waals surface area contributed by atoms with Crippen molar-refractivity contribution in [1.82, 2.24) is 0 Å². The lowest BCUT2D eigenvalue weighted by molar-refractivity contribution is 0.304. The highest BCUT2D eigenvalue weighted by Gasteiger charge is 2.45. The van der Waals surface area contributed by atoms with Gasteiger partial charge in [-0.05, 0) is 143 Å². The van der Waals surface area contributed by atoms with E-state index in [1.165, 1.54) is 77.2 Å². The van der Waals surface area contributed by atoms with Gasteiger partial charge in [-0.3, -0.25) is 0 Å². The van der Waals surface area contributed by atoms with Gasteiger partial charge < -0.3 is 4.90 Å². The van der Waals surface area contributed by atoms with Crippen molar-refractivity contribution in [2.75, 3.05) is 4.90 Å². The van der Waals surface area contributed by atoms with Crippen molar-refractivity contribution >= 4 is 38.6 Å². The van der Waals surface area contributed by atoms with Crippen LogP contribution in [0.25, 0.3) is 66.1 Å². The van der Waals surface area contributed by atoms with Gasteiger partial charge in [0.15, 0.2) is 0 Å². The Morgan fingerprint density at radius 1 is 0.281 bits per heavy atom. The first-order valence-electron chi connectivity index (χ1n) is 20.1. The van der Waals surface area contributed by atoms with Crippen molar-refractivity contribution in [3.63, 3.8) is 0 Å². The molecule has 9 aromatic rings. The van der Waals surface area contributed by atoms with E-state index in [0.29, 0.717) is 0 Å². The van der Waals surface area contributed by atoms with Crippen molar-refractivity contribution in [2.24, 2.45) is 0 Å². The zero-order valence-electron chi connectivity index (χ0n) is 33.0. The van der Waals surface area contributed by atoms with Crippen molar-refractivity contribution in [1.29, 1.82) is 0 Å². The van der Waals surface area contributed by atoms with Gasteiger partial charge in [0.05, 0.1) is 0 Å². The average molecular weight is 732 g/mol. The summed E-state index contributed by atoms with van der Waals surface area (Å²) < 4.78 is 0. The summed E-state index contributed by atoms with van der Waals surface area (Å²) in [5, 5.41) is 5.44. The number of benzene rings is 9. The summed E-state index contributed by atoms with van der Waals surface area (Å²) in [5.74, 6) is 0. The van der Waals surface area contributed by atoms with Gasteiger partial charge >= 0.3 is 0 Å². The molecule has 0 N–H and O–H groups in total. The summed E-state index contributed by atoms with van der Waals surface area (Å²) in [6, 6.07) is 73.5. The summed E-state index contributed by atoms with van der Waals surface area (Å²) >= 11 is 0. The van der Waals surface area contributed by atoms with E-state index in [1.54, 1.807) is 0 Å². The molecule has 0 saturated carbocycles. The SMILES string of the molecule is CC1(C)c2cccc3ccc4cc(-c5cccc(N(c6ccc(-c7ccccc7)cc6)c6ccc(-c7cccc(-c8ccccc8)c7)cc6)c5)cc(c4c23)C1(C)C. The van der Waals surface area contributed by atoms with E-state index in [-0.39, 0.29) is 10.8 Å². The molecule has 0 heterocycles. The molecule has 0 unspecified atom stereocenters. The summed E-state index contributed by atoms with van der Waals surface area (Å²) in [6.07, 6.45) is 0. The minimum atomic E-state index is -0.0730. The predicted molar refractivity (Wildman–Crippen MR) is 244 cm³/mol. The quantitative estimate of drug-likeness (QED) is 0.148. The van der Waals surface area contributed by atoms with Gasteiger partial charge in [0, 0.05) is 17.1 Å². The lowest BCUT2D eigenvalue weighted by Gasteiger charge is -2.47. The van der Waals surface area contributed by atoms with Gasteiger partial charge in [0.25, 0.3) is 0 Å². The number of hydrogen-bond donors (Lipinski definition) is 0. The van der Waals surface area contributed by atoms with Crippen LogP contribution in [0, 0.1) is 0 Å². The minimum absolute atomic E-state index is 0.0357. The Labute approximate surface area is 336 Å². The third-order valence-electron chi connectivity index (χ3n) is 13.0. The normalized spacial score (nSPS) is 13.9. The second-order valence-electron chi connectivity index (χ2n) is 16.6. The van der Waals surface area contributed by atoms with Crippen LogP contribution in [-0.2, 0) is 10.8 Å². The molecular formula is C56H45N. The maximum atomic E-state index is 2.48. The van der Waals surface area contributed by atoms with Gasteiger partial charge in [-0.1, -0.05) is 173 Å². The molecule has 0 aliphatic heterocycles. The van der Waals surface area contributed by atoms with E-state index in [1.807, 2.05) is 0 Å². The average Bonchev–Trinajstić information content (AvgIpc) is 3.26. The maximum absolute atomic E-state index is 2.48. The molecule has 0 fully saturated rings. The van der Waals surface area contributed by atoms with Crippen molar-refractivity contribution in [3.05, 3.63) is 211 Å². The molecule has 57 heavy (non-hydrogen) atoms. The third-order valence-corrected chi connectivity index (χ3v) is 13.0. The fourth-order valence-corrected chi connectivity index (χ4v) is 9.11. The molecule has 0 atom stereocenters. The molecule has 1 aliphatic carbocycles. The number of rotatable bonds is 7. The van der Waals surface area contributed by atoms with Crippen LogP contribution < -0.4 is 4.90 Å². The fourth-order valence-electron chi connectivity index (χ4n) is 9.11. The molecule has 0 aromatic heterocycles. The summed E-state index contributed by atoms with van der Waals surface area (Å²) in [6.45, 7) is 9.70. The molecule has 1 aliphatic rings. The van der Waals surface area contributed by atoms with Crippen LogP contribution in [0.3, 0.4) is 0 Å². The zero-order chi connectivity index (χ0) is 38.7. The topological polar surface area (TPSA) is 3.24 Å². The third kappa shape index (κ3) is 5.85. The molecule has 1 heteroatoms. The van der Waals surface area contributed by atoms with E-state index >= 15 is 0 Å². The highest BCUT2D eigenvalue weighted by atomic mass is 15.1. The Hall–Kier alpha value is -6.70. The van der Waals surface area contributed by atoms with Gasteiger partial charge in [-0.25, -0.2) is 0 Å². The first kappa shape index (κ1) is 34.8. The van der Waals surface area contributed by atoms with Gasteiger partial charge in [0.2, 0.25) is 0 Å². The molecule has 0 radical (unpaired) electrons. The minimum Gasteiger partial charge on any atom is -0.310 e.